The van der Waals surface area contributed by atoms with E-state index in [2.05, 4.69) is 20.8 Å². The number of nitrogens with two attached hydrogens (primary N) is 2. The monoisotopic (exact) mass is 265 g/mol. The van der Waals surface area contributed by atoms with Gasteiger partial charge in [0, 0.05) is 7.05 Å². The van der Waals surface area contributed by atoms with Gasteiger partial charge in [-0.25, -0.2) is 5.84 Å². The third-order valence-electron chi connectivity index (χ3n) is 3.00. The van der Waals surface area contributed by atoms with Crippen molar-refractivity contribution < 1.29 is 9.53 Å². The number of carbonyl (C=O) groups is 1. The molecule has 0 fully saturated rings. The number of hydrogen-bond acceptors (Lipinski definition) is 4. The normalized spacial score (nSPS) is 13.0. The molecule has 1 aromatic rings. The molecule has 0 aromatic heterocycles. The minimum Gasteiger partial charge on any atom is -0.496 e. The molecule has 0 aliphatic rings. The van der Waals surface area contributed by atoms with Gasteiger partial charge in [-0.15, -0.1) is 0 Å². The average Bonchev–Trinajstić information content (AvgIpc) is 2.35. The summed E-state index contributed by atoms with van der Waals surface area (Å²) >= 11 is 0. The number of hydrazine groups is 1. The molecule has 0 saturated carbocycles. The number of carbonyl (C=O) groups excluding carboxylic acids is 1. The van der Waals surface area contributed by atoms with Crippen LogP contribution in [0, 0.1) is 0 Å². The fourth-order valence-electron chi connectivity index (χ4n) is 1.87. The van der Waals surface area contributed by atoms with Crippen LogP contribution in [0.25, 0.3) is 0 Å². The lowest BCUT2D eigenvalue weighted by atomic mass is 9.84. The zero-order chi connectivity index (χ0) is 14.8. The summed E-state index contributed by atoms with van der Waals surface area (Å²) in [5, 5.41) is 1.01. The summed E-state index contributed by atoms with van der Waals surface area (Å²) in [6, 6.07) is 4.77. The van der Waals surface area contributed by atoms with Crippen molar-refractivity contribution in [2.75, 3.05) is 14.2 Å². The van der Waals surface area contributed by atoms with Crippen molar-refractivity contribution in [2.24, 2.45) is 11.6 Å². The molecule has 0 heterocycles. The topological polar surface area (TPSA) is 81.6 Å². The molecule has 0 saturated heterocycles. The zero-order valence-electron chi connectivity index (χ0n) is 12.2. The number of amides is 1. The highest BCUT2D eigenvalue weighted by atomic mass is 16.5. The summed E-state index contributed by atoms with van der Waals surface area (Å²) in [4.78, 5) is 11.8. The van der Waals surface area contributed by atoms with Gasteiger partial charge in [0.1, 0.15) is 11.8 Å². The molecule has 1 amide bonds. The standard InChI is InChI=1S/C14H23N3O2/c1-14(2,3)10-8-9(6-7-11(10)19-5)12(15)13(18)17(4)16/h6-8,12H,15-16H2,1-5H3. The van der Waals surface area contributed by atoms with Crippen molar-refractivity contribution in [3.8, 4) is 5.75 Å². The van der Waals surface area contributed by atoms with E-state index in [0.29, 0.717) is 0 Å². The summed E-state index contributed by atoms with van der Waals surface area (Å²) in [5.41, 5.74) is 7.57. The van der Waals surface area contributed by atoms with Crippen molar-refractivity contribution in [2.45, 2.75) is 32.2 Å². The van der Waals surface area contributed by atoms with Crippen molar-refractivity contribution in [1.29, 1.82) is 0 Å². The highest BCUT2D eigenvalue weighted by Gasteiger charge is 2.23. The summed E-state index contributed by atoms with van der Waals surface area (Å²) < 4.78 is 5.35. The number of ether oxygens (including phenoxy) is 1. The Morgan fingerprint density at radius 1 is 1.37 bits per heavy atom. The number of methoxy groups -OCH3 is 1. The van der Waals surface area contributed by atoms with Crippen LogP contribution in [0.3, 0.4) is 0 Å². The summed E-state index contributed by atoms with van der Waals surface area (Å²) in [5.74, 6) is 5.89. The first kappa shape index (κ1) is 15.5. The van der Waals surface area contributed by atoms with Crippen LogP contribution in [0.2, 0.25) is 0 Å². The molecule has 5 nitrogen and oxygen atoms in total. The van der Waals surface area contributed by atoms with Gasteiger partial charge >= 0.3 is 0 Å². The second kappa shape index (κ2) is 5.59. The summed E-state index contributed by atoms with van der Waals surface area (Å²) in [6.07, 6.45) is 0. The van der Waals surface area contributed by atoms with Crippen LogP contribution in [0.5, 0.6) is 5.75 Å². The number of benzene rings is 1. The summed E-state index contributed by atoms with van der Waals surface area (Å²) in [7, 11) is 3.11. The number of rotatable bonds is 3. The molecule has 1 unspecified atom stereocenters. The van der Waals surface area contributed by atoms with Gasteiger partial charge in [-0.3, -0.25) is 9.80 Å². The predicted octanol–water partition coefficient (Wildman–Crippen LogP) is 1.32. The van der Waals surface area contributed by atoms with Crippen molar-refractivity contribution in [3.63, 3.8) is 0 Å². The Balaban J connectivity index is 3.22. The Morgan fingerprint density at radius 3 is 2.37 bits per heavy atom. The first-order valence-electron chi connectivity index (χ1n) is 6.14. The molecular formula is C14H23N3O2. The van der Waals surface area contributed by atoms with E-state index in [9.17, 15) is 4.79 Å². The van der Waals surface area contributed by atoms with E-state index in [0.717, 1.165) is 21.9 Å². The second-order valence-corrected chi connectivity index (χ2v) is 5.64. The van der Waals surface area contributed by atoms with E-state index in [1.165, 1.54) is 7.05 Å². The summed E-state index contributed by atoms with van der Waals surface area (Å²) in [6.45, 7) is 6.24. The largest absolute Gasteiger partial charge is 0.496 e. The third-order valence-corrected chi connectivity index (χ3v) is 3.00. The quantitative estimate of drug-likeness (QED) is 0.490. The molecule has 0 bridgehead atoms. The number of likely N-dealkylation sites (N-methyl/N-ethyl adjacent to an activating group) is 1. The molecule has 0 spiro atoms. The van der Waals surface area contributed by atoms with Gasteiger partial charge in [0.25, 0.3) is 5.91 Å². The average molecular weight is 265 g/mol. The number of nitrogens with zero attached hydrogens (tertiary/aromatic N) is 1. The molecule has 19 heavy (non-hydrogen) atoms. The first-order chi connectivity index (χ1) is 8.68. The van der Waals surface area contributed by atoms with E-state index >= 15 is 0 Å². The van der Waals surface area contributed by atoms with Gasteiger partial charge in [-0.1, -0.05) is 26.8 Å². The molecule has 4 N–H and O–H groups in total. The lowest BCUT2D eigenvalue weighted by molar-refractivity contribution is -0.131. The third kappa shape index (κ3) is 3.45. The maximum absolute atomic E-state index is 11.8. The maximum atomic E-state index is 11.8. The van der Waals surface area contributed by atoms with Crippen LogP contribution in [0.4, 0.5) is 0 Å². The lowest BCUT2D eigenvalue weighted by Crippen LogP contribution is -2.40. The minimum atomic E-state index is -0.762. The van der Waals surface area contributed by atoms with Gasteiger partial charge in [0.15, 0.2) is 0 Å². The predicted molar refractivity (Wildman–Crippen MR) is 75.6 cm³/mol. The highest BCUT2D eigenvalue weighted by Crippen LogP contribution is 2.33. The van der Waals surface area contributed by atoms with Crippen LogP contribution in [-0.4, -0.2) is 25.1 Å². The first-order valence-corrected chi connectivity index (χ1v) is 6.14. The molecule has 0 aliphatic heterocycles. The van der Waals surface area contributed by atoms with Crippen molar-refractivity contribution >= 4 is 5.91 Å². The smallest absolute Gasteiger partial charge is 0.257 e. The Bertz CT molecular complexity index is 464. The maximum Gasteiger partial charge on any atom is 0.257 e. The van der Waals surface area contributed by atoms with Crippen LogP contribution in [-0.2, 0) is 10.2 Å². The molecule has 106 valence electrons. The SMILES string of the molecule is COc1ccc(C(N)C(=O)N(C)N)cc1C(C)(C)C. The van der Waals surface area contributed by atoms with E-state index in [4.69, 9.17) is 16.3 Å². The van der Waals surface area contributed by atoms with E-state index in [1.54, 1.807) is 13.2 Å². The molecule has 1 atom stereocenters. The Kier molecular flexibility index (Phi) is 4.55. The van der Waals surface area contributed by atoms with E-state index in [-0.39, 0.29) is 11.3 Å². The van der Waals surface area contributed by atoms with E-state index < -0.39 is 6.04 Å². The molecule has 1 rings (SSSR count). The molecule has 0 aliphatic carbocycles. The van der Waals surface area contributed by atoms with Crippen molar-refractivity contribution in [1.82, 2.24) is 5.01 Å². The fourth-order valence-corrected chi connectivity index (χ4v) is 1.87. The number of hydrogen-bond donors (Lipinski definition) is 2. The second-order valence-electron chi connectivity index (χ2n) is 5.64. The van der Waals surface area contributed by atoms with Gasteiger partial charge in [0.2, 0.25) is 0 Å². The Labute approximate surface area is 114 Å². The van der Waals surface area contributed by atoms with Crippen LogP contribution in [0.1, 0.15) is 37.9 Å². The fraction of sp³-hybridized carbons (Fsp3) is 0.500. The van der Waals surface area contributed by atoms with Gasteiger partial charge in [0.05, 0.1) is 7.11 Å². The van der Waals surface area contributed by atoms with E-state index in [1.807, 2.05) is 12.1 Å². The van der Waals surface area contributed by atoms with Gasteiger partial charge < -0.3 is 10.5 Å². The van der Waals surface area contributed by atoms with Crippen LogP contribution >= 0.6 is 0 Å². The van der Waals surface area contributed by atoms with Crippen LogP contribution in [0.15, 0.2) is 18.2 Å². The van der Waals surface area contributed by atoms with Crippen LogP contribution < -0.4 is 16.3 Å². The Hall–Kier alpha value is -1.59. The van der Waals surface area contributed by atoms with Gasteiger partial charge in [-0.2, -0.15) is 0 Å². The zero-order valence-corrected chi connectivity index (χ0v) is 12.2. The Morgan fingerprint density at radius 2 is 1.95 bits per heavy atom. The molecule has 5 heteroatoms. The molecule has 1 aromatic carbocycles. The minimum absolute atomic E-state index is 0.0985. The van der Waals surface area contributed by atoms with Crippen molar-refractivity contribution in [3.05, 3.63) is 29.3 Å². The lowest BCUT2D eigenvalue weighted by Gasteiger charge is -2.24. The molecular weight excluding hydrogens is 242 g/mol. The highest BCUT2D eigenvalue weighted by molar-refractivity contribution is 5.82. The molecule has 0 radical (unpaired) electrons. The van der Waals surface area contributed by atoms with Gasteiger partial charge in [-0.05, 0) is 28.7 Å².